The second-order valence-electron chi connectivity index (χ2n) is 15.3. The zero-order valence-electron chi connectivity index (χ0n) is 30.3. The fourth-order valence-electron chi connectivity index (χ4n) is 8.47. The smallest absolute Gasteiger partial charge is 0.262 e. The van der Waals surface area contributed by atoms with E-state index in [0.717, 1.165) is 16.2 Å². The summed E-state index contributed by atoms with van der Waals surface area (Å²) in [5.41, 5.74) is 1.87. The Kier molecular flexibility index (Phi) is 8.41. The number of halogens is 1. The van der Waals surface area contributed by atoms with Crippen LogP contribution in [0.25, 0.3) is 0 Å². The summed E-state index contributed by atoms with van der Waals surface area (Å²) in [6.45, 7) is 9.11. The normalized spacial score (nSPS) is 22.0. The van der Waals surface area contributed by atoms with Gasteiger partial charge in [-0.15, -0.1) is 5.10 Å². The highest BCUT2D eigenvalue weighted by Gasteiger charge is 2.64. The topological polar surface area (TPSA) is 189 Å². The Hall–Kier alpha value is -6.27. The van der Waals surface area contributed by atoms with Gasteiger partial charge in [0.15, 0.2) is 5.75 Å². The SMILES string of the molecule is CC1(C)C(NC(=O)c2ccc(N3Cc4cn(Oc5ccc6c(c5)C(=O)N(C5CCC(=O)NC5=O)C6=O)nc4C3)nc2)C(C)(C)C1Oc1ccc(C#N)c(Cl)c1. The van der Waals surface area contributed by atoms with Crippen molar-refractivity contribution < 1.29 is 33.5 Å². The van der Waals surface area contributed by atoms with Gasteiger partial charge in [-0.05, 0) is 48.9 Å². The predicted octanol–water partition coefficient (Wildman–Crippen LogP) is 4.18. The van der Waals surface area contributed by atoms with Gasteiger partial charge in [0.1, 0.15) is 29.8 Å². The molecular formula is C39H35ClN8O7. The van der Waals surface area contributed by atoms with E-state index in [-0.39, 0.29) is 47.8 Å². The number of imide groups is 2. The number of rotatable bonds is 8. The van der Waals surface area contributed by atoms with Crippen LogP contribution in [0.1, 0.15) is 88.4 Å². The van der Waals surface area contributed by atoms with Crippen LogP contribution in [0.2, 0.25) is 5.02 Å². The molecule has 55 heavy (non-hydrogen) atoms. The predicted molar refractivity (Wildman–Crippen MR) is 195 cm³/mol. The molecule has 1 unspecified atom stereocenters. The highest BCUT2D eigenvalue weighted by Crippen LogP contribution is 2.55. The van der Waals surface area contributed by atoms with E-state index in [1.807, 2.05) is 38.7 Å². The molecular weight excluding hydrogens is 728 g/mol. The quantitative estimate of drug-likeness (QED) is 0.245. The van der Waals surface area contributed by atoms with Gasteiger partial charge < -0.3 is 19.8 Å². The van der Waals surface area contributed by atoms with Crippen LogP contribution >= 0.6 is 11.6 Å². The number of piperidine rings is 1. The minimum Gasteiger partial charge on any atom is -0.489 e. The molecule has 8 rings (SSSR count). The van der Waals surface area contributed by atoms with Gasteiger partial charge in [0.05, 0.1) is 45.7 Å². The van der Waals surface area contributed by atoms with E-state index in [1.54, 1.807) is 48.8 Å². The lowest BCUT2D eigenvalue weighted by atomic mass is 9.49. The molecule has 4 aliphatic rings. The van der Waals surface area contributed by atoms with Crippen LogP contribution in [0.3, 0.4) is 0 Å². The number of carbonyl (C=O) groups is 5. The molecule has 5 amide bonds. The number of aromatic nitrogens is 3. The summed E-state index contributed by atoms with van der Waals surface area (Å²) in [5, 5.41) is 19.4. The molecule has 0 radical (unpaired) electrons. The van der Waals surface area contributed by atoms with E-state index >= 15 is 0 Å². The third kappa shape index (κ3) is 6.02. The lowest BCUT2D eigenvalue weighted by Gasteiger charge is -2.63. The van der Waals surface area contributed by atoms with Crippen molar-refractivity contribution in [3.05, 3.63) is 99.5 Å². The van der Waals surface area contributed by atoms with Crippen LogP contribution in [0.15, 0.2) is 60.9 Å². The summed E-state index contributed by atoms with van der Waals surface area (Å²) < 4.78 is 6.34. The number of nitrogens with zero attached hydrogens (tertiary/aromatic N) is 6. The van der Waals surface area contributed by atoms with E-state index in [2.05, 4.69) is 20.7 Å². The Morgan fingerprint density at radius 2 is 1.73 bits per heavy atom. The molecule has 2 N–H and O–H groups in total. The maximum absolute atomic E-state index is 13.4. The molecule has 2 aromatic carbocycles. The van der Waals surface area contributed by atoms with E-state index in [0.29, 0.717) is 40.8 Å². The number of hydrogen-bond donors (Lipinski definition) is 2. The second-order valence-corrected chi connectivity index (χ2v) is 15.7. The van der Waals surface area contributed by atoms with Crippen molar-refractivity contribution in [2.24, 2.45) is 10.8 Å². The first kappa shape index (κ1) is 35.7. The Balaban J connectivity index is 0.873. The molecule has 3 aliphatic heterocycles. The van der Waals surface area contributed by atoms with Gasteiger partial charge in [0.2, 0.25) is 11.8 Å². The van der Waals surface area contributed by atoms with Gasteiger partial charge in [0, 0.05) is 47.7 Å². The van der Waals surface area contributed by atoms with Gasteiger partial charge in [-0.3, -0.25) is 34.2 Å². The average Bonchev–Trinajstić information content (AvgIpc) is 3.79. The Labute approximate surface area is 320 Å². The molecule has 16 heteroatoms. The van der Waals surface area contributed by atoms with E-state index in [1.165, 1.54) is 17.0 Å². The maximum atomic E-state index is 13.4. The molecule has 2 aromatic heterocycles. The lowest BCUT2D eigenvalue weighted by Crippen LogP contribution is -2.74. The summed E-state index contributed by atoms with van der Waals surface area (Å²) in [4.78, 5) is 78.3. The van der Waals surface area contributed by atoms with Crippen molar-refractivity contribution in [1.82, 2.24) is 30.5 Å². The van der Waals surface area contributed by atoms with Crippen molar-refractivity contribution >= 4 is 47.0 Å². The molecule has 4 aromatic rings. The Morgan fingerprint density at radius 3 is 2.40 bits per heavy atom. The molecule has 1 aliphatic carbocycles. The summed E-state index contributed by atoms with van der Waals surface area (Å²) in [5.74, 6) is -1.09. The second kappa shape index (κ2) is 12.9. The average molecular weight is 763 g/mol. The van der Waals surface area contributed by atoms with Crippen molar-refractivity contribution in [2.75, 3.05) is 4.90 Å². The molecule has 0 bridgehead atoms. The molecule has 5 heterocycles. The Bertz CT molecular complexity index is 2330. The van der Waals surface area contributed by atoms with E-state index in [9.17, 15) is 29.2 Å². The number of ether oxygens (including phenoxy) is 1. The summed E-state index contributed by atoms with van der Waals surface area (Å²) in [6.07, 6.45) is 3.15. The van der Waals surface area contributed by atoms with Crippen LogP contribution < -0.4 is 25.1 Å². The Morgan fingerprint density at radius 1 is 0.982 bits per heavy atom. The molecule has 2 fully saturated rings. The first-order chi connectivity index (χ1) is 26.1. The molecule has 1 saturated heterocycles. The van der Waals surface area contributed by atoms with Gasteiger partial charge in [0.25, 0.3) is 17.7 Å². The number of hydrogen-bond acceptors (Lipinski definition) is 11. The van der Waals surface area contributed by atoms with Gasteiger partial charge >= 0.3 is 0 Å². The molecule has 1 saturated carbocycles. The van der Waals surface area contributed by atoms with Gasteiger partial charge in [-0.2, -0.15) is 5.26 Å². The first-order valence-electron chi connectivity index (χ1n) is 17.6. The zero-order chi connectivity index (χ0) is 39.0. The van der Waals surface area contributed by atoms with Crippen LogP contribution in [-0.4, -0.2) is 67.6 Å². The number of benzene rings is 2. The van der Waals surface area contributed by atoms with Crippen molar-refractivity contribution in [2.45, 2.75) is 71.8 Å². The third-order valence-corrected chi connectivity index (χ3v) is 11.2. The number of fused-ring (bicyclic) bond motifs is 2. The highest BCUT2D eigenvalue weighted by atomic mass is 35.5. The number of amides is 5. The minimum absolute atomic E-state index is 0.0357. The van der Waals surface area contributed by atoms with Crippen LogP contribution in [0.4, 0.5) is 5.82 Å². The van der Waals surface area contributed by atoms with Crippen molar-refractivity contribution in [3.63, 3.8) is 0 Å². The van der Waals surface area contributed by atoms with Crippen molar-refractivity contribution in [3.8, 4) is 17.6 Å². The highest BCUT2D eigenvalue weighted by molar-refractivity contribution is 6.31. The number of carbonyl (C=O) groups excluding carboxylic acids is 5. The number of nitrogens with one attached hydrogen (secondary N) is 2. The van der Waals surface area contributed by atoms with E-state index < -0.39 is 40.5 Å². The number of pyridine rings is 1. The van der Waals surface area contributed by atoms with Crippen molar-refractivity contribution in [1.29, 1.82) is 5.26 Å². The molecule has 15 nitrogen and oxygen atoms in total. The largest absolute Gasteiger partial charge is 0.489 e. The monoisotopic (exact) mass is 762 g/mol. The summed E-state index contributed by atoms with van der Waals surface area (Å²) >= 11 is 6.22. The molecule has 280 valence electrons. The summed E-state index contributed by atoms with van der Waals surface area (Å²) in [6, 6.07) is 13.8. The fraction of sp³-hybridized carbons (Fsp3) is 0.333. The number of anilines is 1. The first-order valence-corrected chi connectivity index (χ1v) is 18.0. The standard InChI is InChI=1S/C39H35ClN8O7/c1-38(2)36(39(3,4)37(38)54-23-7-5-20(15-41)27(40)14-23)44-32(50)21-6-11-30(42-16-21)46-17-22-18-47(45-28(22)19-46)55-24-8-9-25-26(13-24)35(53)48(34(25)52)29-10-12-31(49)43-33(29)51/h5-9,11,13-14,16,18,29,36-37H,10,12,17,19H2,1-4H3,(H,44,50)(H,43,49,51). The van der Waals surface area contributed by atoms with Gasteiger partial charge in [-0.25, -0.2) is 4.98 Å². The fourth-order valence-corrected chi connectivity index (χ4v) is 8.68. The van der Waals surface area contributed by atoms with Crippen LogP contribution in [0.5, 0.6) is 11.5 Å². The zero-order valence-corrected chi connectivity index (χ0v) is 31.0. The maximum Gasteiger partial charge on any atom is 0.262 e. The lowest BCUT2D eigenvalue weighted by molar-refractivity contribution is -0.164. The number of nitriles is 1. The van der Waals surface area contributed by atoms with Crippen LogP contribution in [0, 0.1) is 22.2 Å². The van der Waals surface area contributed by atoms with Gasteiger partial charge in [-0.1, -0.05) is 44.1 Å². The van der Waals surface area contributed by atoms with E-state index in [4.69, 9.17) is 21.2 Å². The minimum atomic E-state index is -1.06. The van der Waals surface area contributed by atoms with Crippen LogP contribution in [-0.2, 0) is 22.7 Å². The summed E-state index contributed by atoms with van der Waals surface area (Å²) in [7, 11) is 0. The third-order valence-electron chi connectivity index (χ3n) is 10.9. The molecule has 0 spiro atoms. The molecule has 1 atom stereocenters.